The molecule has 11 nitrogen and oxygen atoms in total. The average Bonchev–Trinajstić information content (AvgIpc) is 3.56. The van der Waals surface area contributed by atoms with Crippen LogP contribution < -0.4 is 16.0 Å². The van der Waals surface area contributed by atoms with Gasteiger partial charge in [-0.2, -0.15) is 9.61 Å². The fourth-order valence-electron chi connectivity index (χ4n) is 4.87. The number of nitrogens with one attached hydrogen (secondary N) is 3. The Morgan fingerprint density at radius 3 is 2.56 bits per heavy atom. The highest BCUT2D eigenvalue weighted by atomic mass is 19.1. The molecule has 0 radical (unpaired) electrons. The monoisotopic (exact) mass is 532 g/mol. The zero-order chi connectivity index (χ0) is 27.3. The van der Waals surface area contributed by atoms with Crippen molar-refractivity contribution in [3.8, 4) is 11.3 Å². The van der Waals surface area contributed by atoms with Gasteiger partial charge in [-0.3, -0.25) is 19.8 Å². The molecule has 0 unspecified atom stereocenters. The van der Waals surface area contributed by atoms with Crippen molar-refractivity contribution >= 4 is 35.4 Å². The van der Waals surface area contributed by atoms with E-state index in [0.29, 0.717) is 53.5 Å². The van der Waals surface area contributed by atoms with Gasteiger partial charge in [-0.25, -0.2) is 14.2 Å². The van der Waals surface area contributed by atoms with Gasteiger partial charge in [-0.15, -0.1) is 0 Å². The Morgan fingerprint density at radius 2 is 1.90 bits per heavy atom. The number of imide groups is 1. The minimum absolute atomic E-state index is 0.00469. The van der Waals surface area contributed by atoms with Crippen LogP contribution in [0.15, 0.2) is 36.2 Å². The first-order valence-corrected chi connectivity index (χ1v) is 13.1. The maximum absolute atomic E-state index is 14.9. The van der Waals surface area contributed by atoms with E-state index in [9.17, 15) is 18.8 Å². The third kappa shape index (κ3) is 4.94. The summed E-state index contributed by atoms with van der Waals surface area (Å²) in [5, 5.41) is 12.5. The highest BCUT2D eigenvalue weighted by molar-refractivity contribution is 6.14. The van der Waals surface area contributed by atoms with Crippen molar-refractivity contribution in [3.63, 3.8) is 0 Å². The van der Waals surface area contributed by atoms with E-state index in [4.69, 9.17) is 4.98 Å². The van der Waals surface area contributed by atoms with Crippen LogP contribution in [0.4, 0.5) is 15.0 Å². The van der Waals surface area contributed by atoms with Crippen LogP contribution in [0.5, 0.6) is 0 Å². The van der Waals surface area contributed by atoms with E-state index >= 15 is 0 Å². The van der Waals surface area contributed by atoms with Crippen LogP contribution >= 0.6 is 0 Å². The van der Waals surface area contributed by atoms with Gasteiger partial charge in [0.2, 0.25) is 0 Å². The molecule has 6 rings (SSSR count). The summed E-state index contributed by atoms with van der Waals surface area (Å²) in [5.74, 6) is -0.773. The number of rotatable bonds is 6. The van der Waals surface area contributed by atoms with Crippen molar-refractivity contribution in [1.82, 2.24) is 35.0 Å². The number of halogens is 1. The van der Waals surface area contributed by atoms with Gasteiger partial charge < -0.3 is 15.5 Å². The molecule has 0 bridgehead atoms. The predicted octanol–water partition coefficient (Wildman–Crippen LogP) is 2.46. The van der Waals surface area contributed by atoms with E-state index in [0.717, 1.165) is 25.9 Å². The number of carbonyl (C=O) groups excluding carboxylic acids is 3. The van der Waals surface area contributed by atoms with Gasteiger partial charge in [0.05, 0.1) is 17.5 Å². The molecular weight excluding hydrogens is 503 g/mol. The summed E-state index contributed by atoms with van der Waals surface area (Å²) in [7, 11) is 0. The van der Waals surface area contributed by atoms with E-state index in [1.807, 2.05) is 6.07 Å². The van der Waals surface area contributed by atoms with Gasteiger partial charge in [0.15, 0.2) is 5.65 Å². The second-order valence-electron chi connectivity index (χ2n) is 10.4. The normalized spacial score (nSPS) is 19.2. The van der Waals surface area contributed by atoms with Crippen molar-refractivity contribution in [2.45, 2.75) is 38.8 Å². The van der Waals surface area contributed by atoms with Crippen molar-refractivity contribution in [2.75, 3.05) is 31.5 Å². The molecule has 12 heteroatoms. The first-order chi connectivity index (χ1) is 18.8. The van der Waals surface area contributed by atoms with Crippen LogP contribution in [-0.2, 0) is 4.79 Å². The lowest BCUT2D eigenvalue weighted by atomic mass is 10.1. The lowest BCUT2D eigenvalue weighted by Crippen LogP contribution is -2.50. The number of benzene rings is 1. The van der Waals surface area contributed by atoms with E-state index in [2.05, 4.69) is 39.8 Å². The third-order valence-corrected chi connectivity index (χ3v) is 7.27. The summed E-state index contributed by atoms with van der Waals surface area (Å²) >= 11 is 0. The number of hydrogen-bond donors (Lipinski definition) is 3. The molecule has 39 heavy (non-hydrogen) atoms. The zero-order valence-corrected chi connectivity index (χ0v) is 21.7. The van der Waals surface area contributed by atoms with Crippen LogP contribution in [0.3, 0.4) is 0 Å². The number of aromatic nitrogens is 3. The summed E-state index contributed by atoms with van der Waals surface area (Å²) in [6.07, 6.45) is 5.13. The smallest absolute Gasteiger partial charge is 0.326 e. The maximum Gasteiger partial charge on any atom is 0.326 e. The number of carbonyl (C=O) groups is 3. The van der Waals surface area contributed by atoms with Crippen LogP contribution in [0.25, 0.3) is 23.0 Å². The van der Waals surface area contributed by atoms with Crippen LogP contribution in [0.1, 0.15) is 42.6 Å². The summed E-state index contributed by atoms with van der Waals surface area (Å²) in [5.41, 5.74) is 2.15. The summed E-state index contributed by atoms with van der Waals surface area (Å²) < 4.78 is 16.6. The number of nitrogens with zero attached hydrogens (tertiary/aromatic N) is 5. The standard InChI is InChI=1S/C27H29FN8O3/c1-15(2)34-7-9-35(10-8-34)26(38)19-11-16(3-6-20(19)28)21-13-23(30-18-4-5-18)36-24(31-21)17(14-29-36)12-22-25(37)33-27(39)32-22/h3,6,11-15,18,30H,4-5,7-10H2,1-2H3,(H2,32,33,37,39)/b22-12-. The fraction of sp³-hybridized carbons (Fsp3) is 0.370. The molecule has 0 atom stereocenters. The SMILES string of the molecule is CC(C)N1CCN(C(=O)c2cc(-c3cc(NC4CC4)n4ncc(/C=C5\NC(=O)NC5=O)c4n3)ccc2F)CC1. The first kappa shape index (κ1) is 25.0. The van der Waals surface area contributed by atoms with E-state index < -0.39 is 17.8 Å². The molecule has 3 aliphatic rings. The molecule has 3 aromatic rings. The van der Waals surface area contributed by atoms with Crippen molar-refractivity contribution in [3.05, 3.63) is 53.1 Å². The quantitative estimate of drug-likeness (QED) is 0.329. The molecule has 1 saturated carbocycles. The lowest BCUT2D eigenvalue weighted by molar-refractivity contribution is -0.115. The van der Waals surface area contributed by atoms with Gasteiger partial charge in [-0.05, 0) is 51.0 Å². The molecule has 4 amide bonds. The molecule has 3 fully saturated rings. The van der Waals surface area contributed by atoms with E-state index in [1.54, 1.807) is 27.7 Å². The maximum atomic E-state index is 14.9. The van der Waals surface area contributed by atoms with Gasteiger partial charge in [0.1, 0.15) is 17.3 Å². The Bertz CT molecular complexity index is 1520. The van der Waals surface area contributed by atoms with Gasteiger partial charge >= 0.3 is 6.03 Å². The molecular formula is C27H29FN8O3. The summed E-state index contributed by atoms with van der Waals surface area (Å²) in [6, 6.07) is 6.37. The summed E-state index contributed by atoms with van der Waals surface area (Å²) in [6.45, 7) is 6.82. The number of hydrogen-bond acceptors (Lipinski definition) is 7. The fourth-order valence-corrected chi connectivity index (χ4v) is 4.87. The number of piperazine rings is 1. The molecule has 1 aliphatic carbocycles. The highest BCUT2D eigenvalue weighted by Gasteiger charge is 2.27. The number of anilines is 1. The molecule has 1 aromatic carbocycles. The molecule has 2 aliphatic heterocycles. The Labute approximate surface area is 224 Å². The Morgan fingerprint density at radius 1 is 1.13 bits per heavy atom. The van der Waals surface area contributed by atoms with Crippen LogP contribution in [0.2, 0.25) is 0 Å². The third-order valence-electron chi connectivity index (χ3n) is 7.27. The number of urea groups is 1. The van der Waals surface area contributed by atoms with Crippen LogP contribution in [-0.4, -0.2) is 80.5 Å². The Balaban J connectivity index is 1.37. The summed E-state index contributed by atoms with van der Waals surface area (Å²) in [4.78, 5) is 45.7. The van der Waals surface area contributed by atoms with Crippen molar-refractivity contribution < 1.29 is 18.8 Å². The minimum Gasteiger partial charge on any atom is -0.367 e. The second kappa shape index (κ2) is 9.77. The minimum atomic E-state index is -0.596. The van der Waals surface area contributed by atoms with Gasteiger partial charge in [-0.1, -0.05) is 0 Å². The molecule has 4 heterocycles. The lowest BCUT2D eigenvalue weighted by Gasteiger charge is -2.37. The molecule has 202 valence electrons. The molecule has 0 spiro atoms. The van der Waals surface area contributed by atoms with E-state index in [-0.39, 0.29) is 17.2 Å². The zero-order valence-electron chi connectivity index (χ0n) is 21.7. The Kier molecular flexibility index (Phi) is 6.26. The first-order valence-electron chi connectivity index (χ1n) is 13.1. The second-order valence-corrected chi connectivity index (χ2v) is 10.4. The largest absolute Gasteiger partial charge is 0.367 e. The van der Waals surface area contributed by atoms with Crippen molar-refractivity contribution in [2.24, 2.45) is 0 Å². The number of fused-ring (bicyclic) bond motifs is 1. The number of amides is 4. The topological polar surface area (TPSA) is 124 Å². The average molecular weight is 533 g/mol. The predicted molar refractivity (Wildman–Crippen MR) is 142 cm³/mol. The van der Waals surface area contributed by atoms with E-state index in [1.165, 1.54) is 12.1 Å². The highest BCUT2D eigenvalue weighted by Crippen LogP contribution is 2.30. The molecule has 3 N–H and O–H groups in total. The Hall–Kier alpha value is -4.32. The molecule has 2 saturated heterocycles. The molecule has 2 aromatic heterocycles. The van der Waals surface area contributed by atoms with Gasteiger partial charge in [0.25, 0.3) is 11.8 Å². The van der Waals surface area contributed by atoms with Crippen molar-refractivity contribution in [1.29, 1.82) is 0 Å². The van der Waals surface area contributed by atoms with Crippen LogP contribution in [0, 0.1) is 5.82 Å². The van der Waals surface area contributed by atoms with Gasteiger partial charge in [0, 0.05) is 55.5 Å².